The van der Waals surface area contributed by atoms with Crippen molar-refractivity contribution in [2.24, 2.45) is 0 Å². The second kappa shape index (κ2) is 44.3. The van der Waals surface area contributed by atoms with Gasteiger partial charge in [-0.15, -0.1) is 0 Å². The van der Waals surface area contributed by atoms with Gasteiger partial charge in [-0.2, -0.15) is 0 Å². The molecule has 0 aromatic carbocycles. The summed E-state index contributed by atoms with van der Waals surface area (Å²) < 4.78 is 0. The molecule has 0 spiro atoms. The molecule has 0 aliphatic rings. The summed E-state index contributed by atoms with van der Waals surface area (Å²) >= 11 is 0. The quantitative estimate of drug-likeness (QED) is 0.435. The summed E-state index contributed by atoms with van der Waals surface area (Å²) in [5, 5.41) is 7.42. The van der Waals surface area contributed by atoms with E-state index in [0.717, 1.165) is 6.92 Å². The third-order valence-electron chi connectivity index (χ3n) is 0. The first-order valence-corrected chi connectivity index (χ1v) is 0.928. The molecule has 0 bridgehead atoms. The Hall–Kier alpha value is -0.0666. The molecule has 0 aromatic heterocycles. The first-order valence-electron chi connectivity index (χ1n) is 0.928. The number of aliphatic carboxylic acids is 1. The smallest absolute Gasteiger partial charge is 0.300 e. The summed E-state index contributed by atoms with van der Waals surface area (Å²) in [5.41, 5.74) is 0. The van der Waals surface area contributed by atoms with Crippen molar-refractivity contribution in [3.05, 3.63) is 0 Å². The Bertz CT molecular complexity index is 34.0. The minimum atomic E-state index is -0.833. The van der Waals surface area contributed by atoms with E-state index in [2.05, 4.69) is 0 Å². The van der Waals surface area contributed by atoms with Crippen molar-refractivity contribution in [3.63, 3.8) is 0 Å². The zero-order valence-corrected chi connectivity index (χ0v) is 6.45. The monoisotopic (exact) mass is 234 g/mol. The topological polar surface area (TPSA) is 163 Å². The van der Waals surface area contributed by atoms with Crippen LogP contribution in [0.3, 0.4) is 0 Å². The van der Waals surface area contributed by atoms with Crippen molar-refractivity contribution in [2.75, 3.05) is 0 Å². The van der Waals surface area contributed by atoms with Gasteiger partial charge >= 0.3 is 0 Å². The molecule has 9 N–H and O–H groups in total. The van der Waals surface area contributed by atoms with E-state index < -0.39 is 5.97 Å². The molecule has 0 aromatic rings. The average molecular weight is 233 g/mol. The Morgan fingerprint density at radius 1 is 1.11 bits per heavy atom. The Kier molecular flexibility index (Phi) is 322. The Labute approximate surface area is 64.9 Å². The van der Waals surface area contributed by atoms with Gasteiger partial charge in [0.05, 0.1) is 0 Å². The van der Waals surface area contributed by atoms with Crippen molar-refractivity contribution in [1.82, 2.24) is 0 Å². The van der Waals surface area contributed by atoms with Crippen LogP contribution >= 0.6 is 0 Å². The minimum Gasteiger partial charge on any atom is -0.481 e. The van der Waals surface area contributed by atoms with E-state index in [-0.39, 0.29) is 41.4 Å². The van der Waals surface area contributed by atoms with Gasteiger partial charge in [-0.1, -0.05) is 0 Å². The Balaban J connectivity index is -0.00000000450. The van der Waals surface area contributed by atoms with Crippen LogP contribution in [-0.2, 0) is 24.3 Å². The van der Waals surface area contributed by atoms with Crippen LogP contribution in [0.25, 0.3) is 0 Å². The number of rotatable bonds is 0. The summed E-state index contributed by atoms with van der Waals surface area (Å²) in [7, 11) is 0. The SMILES string of the molecule is CC(=O)O.O.O.O.O.[Ru]. The first-order chi connectivity index (χ1) is 1.73. The summed E-state index contributed by atoms with van der Waals surface area (Å²) in [4.78, 5) is 9.00. The molecule has 64 valence electrons. The zero-order chi connectivity index (χ0) is 3.58. The number of hydrogen-bond donors (Lipinski definition) is 1. The maximum Gasteiger partial charge on any atom is 0.300 e. The third-order valence-corrected chi connectivity index (χ3v) is 0. The fourth-order valence-electron chi connectivity index (χ4n) is 0. The number of carbonyl (C=O) groups is 1. The predicted octanol–water partition coefficient (Wildman–Crippen LogP) is -3.21. The van der Waals surface area contributed by atoms with E-state index in [9.17, 15) is 0 Å². The van der Waals surface area contributed by atoms with Crippen LogP contribution in [-0.4, -0.2) is 33.0 Å². The van der Waals surface area contributed by atoms with Gasteiger partial charge in [-0.25, -0.2) is 0 Å². The van der Waals surface area contributed by atoms with Crippen LogP contribution in [0.1, 0.15) is 6.92 Å². The molecule has 0 fully saturated rings. The molecule has 9 heavy (non-hydrogen) atoms. The van der Waals surface area contributed by atoms with E-state index in [0.29, 0.717) is 0 Å². The molecule has 0 rings (SSSR count). The second-order valence-electron chi connectivity index (χ2n) is 0.519. The predicted molar refractivity (Wildman–Crippen MR) is 27.8 cm³/mol. The molecule has 0 radical (unpaired) electrons. The number of carboxylic acids is 1. The Morgan fingerprint density at radius 2 is 1.11 bits per heavy atom. The minimum absolute atomic E-state index is 0. The van der Waals surface area contributed by atoms with Crippen LogP contribution in [0.5, 0.6) is 0 Å². The van der Waals surface area contributed by atoms with Gasteiger partial charge in [-0.05, 0) is 0 Å². The van der Waals surface area contributed by atoms with E-state index in [1.807, 2.05) is 0 Å². The van der Waals surface area contributed by atoms with Gasteiger partial charge in [-0.3, -0.25) is 4.79 Å². The fourth-order valence-corrected chi connectivity index (χ4v) is 0. The molecule has 0 saturated carbocycles. The normalized spacial score (nSPS) is 2.78. The number of hydrogen-bond acceptors (Lipinski definition) is 1. The van der Waals surface area contributed by atoms with Gasteiger partial charge in [0.25, 0.3) is 5.97 Å². The van der Waals surface area contributed by atoms with Crippen molar-refractivity contribution in [1.29, 1.82) is 0 Å². The van der Waals surface area contributed by atoms with Crippen LogP contribution in [0.4, 0.5) is 0 Å². The van der Waals surface area contributed by atoms with Crippen LogP contribution in [0.2, 0.25) is 0 Å². The third kappa shape index (κ3) is 62900. The van der Waals surface area contributed by atoms with Gasteiger partial charge in [0.1, 0.15) is 0 Å². The van der Waals surface area contributed by atoms with Gasteiger partial charge in [0.15, 0.2) is 0 Å². The maximum absolute atomic E-state index is 9.00. The van der Waals surface area contributed by atoms with Gasteiger partial charge in [0.2, 0.25) is 0 Å². The van der Waals surface area contributed by atoms with Crippen molar-refractivity contribution in [3.8, 4) is 0 Å². The molecule has 0 amide bonds. The Morgan fingerprint density at radius 3 is 1.11 bits per heavy atom. The first kappa shape index (κ1) is 65.3. The van der Waals surface area contributed by atoms with E-state index >= 15 is 0 Å². The summed E-state index contributed by atoms with van der Waals surface area (Å²) in [6, 6.07) is 0. The molecular weight excluding hydrogens is 221 g/mol. The summed E-state index contributed by atoms with van der Waals surface area (Å²) in [6.45, 7) is 1.08. The summed E-state index contributed by atoms with van der Waals surface area (Å²) in [5.74, 6) is -0.833. The van der Waals surface area contributed by atoms with Crippen LogP contribution in [0, 0.1) is 0 Å². The molecule has 7 heteroatoms. The molecule has 0 atom stereocenters. The largest absolute Gasteiger partial charge is 0.481 e. The van der Waals surface area contributed by atoms with E-state index in [1.54, 1.807) is 0 Å². The van der Waals surface area contributed by atoms with Crippen molar-refractivity contribution in [2.45, 2.75) is 6.92 Å². The molecule has 6 nitrogen and oxygen atoms in total. The van der Waals surface area contributed by atoms with E-state index in [4.69, 9.17) is 9.90 Å². The van der Waals surface area contributed by atoms with Crippen molar-refractivity contribution < 1.29 is 51.3 Å². The average Bonchev–Trinajstić information content (AvgIpc) is 0.811. The fraction of sp³-hybridized carbons (Fsp3) is 0.500. The molecule has 0 saturated heterocycles. The van der Waals surface area contributed by atoms with Crippen LogP contribution in [0.15, 0.2) is 0 Å². The summed E-state index contributed by atoms with van der Waals surface area (Å²) in [6.07, 6.45) is 0. The van der Waals surface area contributed by atoms with Gasteiger partial charge < -0.3 is 27.0 Å². The molecular formula is C2H12O6Ru. The molecule has 0 heterocycles. The standard InChI is InChI=1S/C2H4O2.4H2O.Ru/c1-2(3)4;;;;;/h1H3,(H,3,4);4*1H2;. The molecule has 0 aliphatic heterocycles. The number of carboxylic acid groups (broad SMARTS) is 1. The van der Waals surface area contributed by atoms with Crippen molar-refractivity contribution >= 4 is 5.97 Å². The molecule has 0 aliphatic carbocycles. The molecule has 0 unspecified atom stereocenters. The zero-order valence-electron chi connectivity index (χ0n) is 4.71. The van der Waals surface area contributed by atoms with Crippen LogP contribution < -0.4 is 0 Å². The maximum atomic E-state index is 9.00. The van der Waals surface area contributed by atoms with Gasteiger partial charge in [0, 0.05) is 26.4 Å². The second-order valence-corrected chi connectivity index (χ2v) is 0.519. The van der Waals surface area contributed by atoms with E-state index in [1.165, 1.54) is 0 Å².